The second-order valence-electron chi connectivity index (χ2n) is 6.77. The van der Waals surface area contributed by atoms with Crippen molar-refractivity contribution in [1.82, 2.24) is 10.2 Å². The summed E-state index contributed by atoms with van der Waals surface area (Å²) in [6, 6.07) is 2.30. The normalized spacial score (nSPS) is 29.1. The van der Waals surface area contributed by atoms with Crippen LogP contribution in [0.5, 0.6) is 0 Å². The lowest BCUT2D eigenvalue weighted by molar-refractivity contribution is 0.159. The van der Waals surface area contributed by atoms with Crippen molar-refractivity contribution in [2.75, 3.05) is 19.7 Å². The predicted octanol–water partition coefficient (Wildman–Crippen LogP) is 2.39. The molecule has 0 aromatic rings. The van der Waals surface area contributed by atoms with Gasteiger partial charge in [0.15, 0.2) is 0 Å². The Labute approximate surface area is 118 Å². The summed E-state index contributed by atoms with van der Waals surface area (Å²) in [6.45, 7) is 9.51. The van der Waals surface area contributed by atoms with E-state index >= 15 is 0 Å². The molecule has 1 aliphatic carbocycles. The van der Waals surface area contributed by atoms with Crippen molar-refractivity contribution in [1.29, 1.82) is 0 Å². The summed E-state index contributed by atoms with van der Waals surface area (Å²) in [4.78, 5) is 2.70. The van der Waals surface area contributed by atoms with E-state index in [0.29, 0.717) is 18.1 Å². The molecule has 2 rings (SSSR count). The molecule has 0 aromatic heterocycles. The number of nitrogens with zero attached hydrogens (tertiary/aromatic N) is 1. The molecule has 0 bridgehead atoms. The van der Waals surface area contributed by atoms with E-state index in [1.54, 1.807) is 0 Å². The second kappa shape index (κ2) is 6.55. The summed E-state index contributed by atoms with van der Waals surface area (Å²) in [5.74, 6) is 0. The molecule has 2 unspecified atom stereocenters. The van der Waals surface area contributed by atoms with Crippen molar-refractivity contribution in [2.45, 2.75) is 77.4 Å². The summed E-state index contributed by atoms with van der Waals surface area (Å²) in [7, 11) is 0. The monoisotopic (exact) mass is 268 g/mol. The summed E-state index contributed by atoms with van der Waals surface area (Å²) in [5.41, 5.74) is 0.297. The van der Waals surface area contributed by atoms with Gasteiger partial charge < -0.3 is 10.4 Å². The Hall–Kier alpha value is -0.120. The average molecular weight is 268 g/mol. The van der Waals surface area contributed by atoms with Gasteiger partial charge in [-0.05, 0) is 50.9 Å². The van der Waals surface area contributed by atoms with Gasteiger partial charge in [0.1, 0.15) is 0 Å². The zero-order chi connectivity index (χ0) is 13.9. The maximum atomic E-state index is 9.29. The molecule has 3 heteroatoms. The standard InChI is InChI=1S/C16H32N2O/c1-4-16(5-2,8-9-19)12-17-14-10-13(3)18(11-14)15-6-7-15/h13-15,17,19H,4-12H2,1-3H3. The lowest BCUT2D eigenvalue weighted by Crippen LogP contribution is -2.41. The lowest BCUT2D eigenvalue weighted by atomic mass is 9.79. The average Bonchev–Trinajstić information content (AvgIpc) is 3.19. The van der Waals surface area contributed by atoms with Gasteiger partial charge in [-0.25, -0.2) is 0 Å². The van der Waals surface area contributed by atoms with E-state index in [2.05, 4.69) is 31.0 Å². The molecule has 1 saturated heterocycles. The minimum absolute atomic E-state index is 0.297. The molecular formula is C16H32N2O. The third-order valence-corrected chi connectivity index (χ3v) is 5.55. The van der Waals surface area contributed by atoms with Gasteiger partial charge in [0, 0.05) is 37.8 Å². The van der Waals surface area contributed by atoms with Crippen LogP contribution >= 0.6 is 0 Å². The fourth-order valence-electron chi connectivity index (χ4n) is 3.66. The highest BCUT2D eigenvalue weighted by molar-refractivity contribution is 4.96. The molecule has 3 nitrogen and oxygen atoms in total. The molecule has 0 aromatic carbocycles. The summed E-state index contributed by atoms with van der Waals surface area (Å²) in [6.07, 6.45) is 7.36. The minimum atomic E-state index is 0.297. The Bertz CT molecular complexity index is 274. The first-order valence-electron chi connectivity index (χ1n) is 8.24. The van der Waals surface area contributed by atoms with Crippen LogP contribution in [-0.2, 0) is 0 Å². The molecule has 0 spiro atoms. The van der Waals surface area contributed by atoms with Crippen LogP contribution < -0.4 is 5.32 Å². The maximum absolute atomic E-state index is 9.29. The van der Waals surface area contributed by atoms with Gasteiger partial charge in [-0.2, -0.15) is 0 Å². The summed E-state index contributed by atoms with van der Waals surface area (Å²) in [5, 5.41) is 13.1. The van der Waals surface area contributed by atoms with Gasteiger partial charge in [0.2, 0.25) is 0 Å². The van der Waals surface area contributed by atoms with Gasteiger partial charge >= 0.3 is 0 Å². The van der Waals surface area contributed by atoms with Gasteiger partial charge in [-0.15, -0.1) is 0 Å². The van der Waals surface area contributed by atoms with E-state index in [4.69, 9.17) is 0 Å². The van der Waals surface area contributed by atoms with Crippen LogP contribution in [0.25, 0.3) is 0 Å². The Morgan fingerprint density at radius 1 is 1.26 bits per heavy atom. The first kappa shape index (κ1) is 15.3. The van der Waals surface area contributed by atoms with E-state index in [0.717, 1.165) is 37.9 Å². The van der Waals surface area contributed by atoms with E-state index in [9.17, 15) is 5.11 Å². The molecule has 2 atom stereocenters. The largest absolute Gasteiger partial charge is 0.396 e. The summed E-state index contributed by atoms with van der Waals surface area (Å²) < 4.78 is 0. The SMILES string of the molecule is CCC(CC)(CCO)CNC1CC(C)N(C2CC2)C1. The van der Waals surface area contributed by atoms with Crippen LogP contribution in [0, 0.1) is 5.41 Å². The second-order valence-corrected chi connectivity index (χ2v) is 6.77. The van der Waals surface area contributed by atoms with Gasteiger partial charge in [0.25, 0.3) is 0 Å². The number of hydrogen-bond acceptors (Lipinski definition) is 3. The third kappa shape index (κ3) is 3.71. The van der Waals surface area contributed by atoms with Crippen molar-refractivity contribution in [3.05, 3.63) is 0 Å². The van der Waals surface area contributed by atoms with E-state index in [-0.39, 0.29) is 0 Å². The fourth-order valence-corrected chi connectivity index (χ4v) is 3.66. The van der Waals surface area contributed by atoms with Crippen molar-refractivity contribution in [2.24, 2.45) is 5.41 Å². The molecule has 2 N–H and O–H groups in total. The van der Waals surface area contributed by atoms with Gasteiger partial charge in [-0.1, -0.05) is 13.8 Å². The molecule has 19 heavy (non-hydrogen) atoms. The lowest BCUT2D eigenvalue weighted by Gasteiger charge is -2.33. The van der Waals surface area contributed by atoms with Gasteiger partial charge in [0.05, 0.1) is 0 Å². The van der Waals surface area contributed by atoms with Crippen LogP contribution in [0.4, 0.5) is 0 Å². The maximum Gasteiger partial charge on any atom is 0.0436 e. The highest BCUT2D eigenvalue weighted by atomic mass is 16.3. The Balaban J connectivity index is 1.81. The van der Waals surface area contributed by atoms with Crippen LogP contribution in [0.2, 0.25) is 0 Å². The number of aliphatic hydroxyl groups is 1. The third-order valence-electron chi connectivity index (χ3n) is 5.55. The quantitative estimate of drug-likeness (QED) is 0.709. The molecule has 0 amide bonds. The Morgan fingerprint density at radius 3 is 2.47 bits per heavy atom. The molecule has 1 heterocycles. The molecule has 1 aliphatic heterocycles. The highest BCUT2D eigenvalue weighted by Gasteiger charge is 2.39. The highest BCUT2D eigenvalue weighted by Crippen LogP contribution is 2.34. The van der Waals surface area contributed by atoms with E-state index < -0.39 is 0 Å². The fraction of sp³-hybridized carbons (Fsp3) is 1.00. The first-order chi connectivity index (χ1) is 9.14. The zero-order valence-electron chi connectivity index (χ0n) is 13.0. The molecule has 1 saturated carbocycles. The molecule has 2 aliphatic rings. The van der Waals surface area contributed by atoms with Crippen molar-refractivity contribution < 1.29 is 5.11 Å². The number of nitrogens with one attached hydrogen (secondary N) is 1. The van der Waals surface area contributed by atoms with E-state index in [1.807, 2.05) is 0 Å². The number of hydrogen-bond donors (Lipinski definition) is 2. The first-order valence-corrected chi connectivity index (χ1v) is 8.24. The van der Waals surface area contributed by atoms with Gasteiger partial charge in [-0.3, -0.25) is 4.90 Å². The minimum Gasteiger partial charge on any atom is -0.396 e. The van der Waals surface area contributed by atoms with Crippen molar-refractivity contribution in [3.63, 3.8) is 0 Å². The Kier molecular flexibility index (Phi) is 5.27. The van der Waals surface area contributed by atoms with Crippen molar-refractivity contribution in [3.8, 4) is 0 Å². The number of aliphatic hydroxyl groups excluding tert-OH is 1. The molecular weight excluding hydrogens is 236 g/mol. The molecule has 2 fully saturated rings. The van der Waals surface area contributed by atoms with Crippen LogP contribution in [0.1, 0.15) is 59.3 Å². The van der Waals surface area contributed by atoms with Crippen LogP contribution in [0.15, 0.2) is 0 Å². The topological polar surface area (TPSA) is 35.5 Å². The van der Waals surface area contributed by atoms with Crippen molar-refractivity contribution >= 4 is 0 Å². The number of rotatable bonds is 8. The van der Waals surface area contributed by atoms with Crippen LogP contribution in [-0.4, -0.2) is 47.8 Å². The zero-order valence-corrected chi connectivity index (χ0v) is 13.0. The number of likely N-dealkylation sites (tertiary alicyclic amines) is 1. The smallest absolute Gasteiger partial charge is 0.0436 e. The Morgan fingerprint density at radius 2 is 1.95 bits per heavy atom. The predicted molar refractivity (Wildman–Crippen MR) is 80.3 cm³/mol. The van der Waals surface area contributed by atoms with E-state index in [1.165, 1.54) is 25.8 Å². The van der Waals surface area contributed by atoms with Crippen LogP contribution in [0.3, 0.4) is 0 Å². The molecule has 112 valence electrons. The molecule has 0 radical (unpaired) electrons. The summed E-state index contributed by atoms with van der Waals surface area (Å²) >= 11 is 0.